The van der Waals surface area contributed by atoms with Gasteiger partial charge in [-0.3, -0.25) is 0 Å². The minimum Gasteiger partial charge on any atom is -0.355 e. The molecule has 2 N–H and O–H groups in total. The molecule has 1 aliphatic heterocycles. The first-order chi connectivity index (χ1) is 12.2. The van der Waals surface area contributed by atoms with Gasteiger partial charge >= 0.3 is 0 Å². The Bertz CT molecular complexity index is 773. The van der Waals surface area contributed by atoms with E-state index in [-0.39, 0.29) is 12.4 Å². The van der Waals surface area contributed by atoms with Crippen molar-refractivity contribution in [1.29, 1.82) is 5.26 Å². The Kier molecular flexibility index (Phi) is 7.19. The minimum absolute atomic E-state index is 0. The van der Waals surface area contributed by atoms with Crippen LogP contribution in [0.2, 0.25) is 0 Å². The number of halogens is 1. The summed E-state index contributed by atoms with van der Waals surface area (Å²) in [5.41, 5.74) is 2.49. The summed E-state index contributed by atoms with van der Waals surface area (Å²) in [5.74, 6) is 1.55. The van der Waals surface area contributed by atoms with Gasteiger partial charge in [0.2, 0.25) is 5.95 Å². The highest BCUT2D eigenvalue weighted by atomic mass is 35.5. The number of rotatable bonds is 6. The highest BCUT2D eigenvalue weighted by Gasteiger charge is 2.23. The molecule has 26 heavy (non-hydrogen) atoms. The zero-order chi connectivity index (χ0) is 17.6. The Morgan fingerprint density at radius 3 is 2.85 bits per heavy atom. The van der Waals surface area contributed by atoms with Gasteiger partial charge in [-0.1, -0.05) is 19.4 Å². The summed E-state index contributed by atoms with van der Waals surface area (Å²) in [6.45, 7) is 4.11. The molecule has 1 aromatic carbocycles. The zero-order valence-corrected chi connectivity index (χ0v) is 16.0. The van der Waals surface area contributed by atoms with Gasteiger partial charge in [0.25, 0.3) is 0 Å². The van der Waals surface area contributed by atoms with Crippen molar-refractivity contribution in [2.24, 2.45) is 0 Å². The van der Waals surface area contributed by atoms with Gasteiger partial charge in [-0.15, -0.1) is 12.4 Å². The molecule has 138 valence electrons. The maximum Gasteiger partial charge on any atom is 0.229 e. The molecule has 1 atom stereocenters. The van der Waals surface area contributed by atoms with E-state index in [0.29, 0.717) is 17.6 Å². The number of anilines is 3. The van der Waals surface area contributed by atoms with Crippen LogP contribution in [0.15, 0.2) is 30.3 Å². The summed E-state index contributed by atoms with van der Waals surface area (Å²) < 4.78 is 0. The molecule has 1 unspecified atom stereocenters. The summed E-state index contributed by atoms with van der Waals surface area (Å²) in [4.78, 5) is 11.7. The molecule has 0 saturated carbocycles. The van der Waals surface area contributed by atoms with Crippen LogP contribution in [0.4, 0.5) is 17.5 Å². The quantitative estimate of drug-likeness (QED) is 0.810. The maximum absolute atomic E-state index is 9.06. The first kappa shape index (κ1) is 20.0. The van der Waals surface area contributed by atoms with Gasteiger partial charge in [0.05, 0.1) is 11.6 Å². The average Bonchev–Trinajstić information content (AvgIpc) is 3.11. The topological polar surface area (TPSA) is 76.9 Å². The van der Waals surface area contributed by atoms with Gasteiger partial charge in [0.1, 0.15) is 5.82 Å². The first-order valence-electron chi connectivity index (χ1n) is 8.79. The predicted octanol–water partition coefficient (Wildman–Crippen LogP) is 3.26. The van der Waals surface area contributed by atoms with Crippen molar-refractivity contribution < 1.29 is 0 Å². The highest BCUT2D eigenvalue weighted by molar-refractivity contribution is 5.85. The number of benzene rings is 1. The summed E-state index contributed by atoms with van der Waals surface area (Å²) in [6.07, 6.45) is 3.08. The molecule has 0 aliphatic carbocycles. The molecule has 3 rings (SSSR count). The number of nitrogens with one attached hydrogen (secondary N) is 2. The third-order valence-corrected chi connectivity index (χ3v) is 4.44. The summed E-state index contributed by atoms with van der Waals surface area (Å²) in [7, 11) is 2.01. The monoisotopic (exact) mass is 372 g/mol. The van der Waals surface area contributed by atoms with E-state index in [4.69, 9.17) is 10.2 Å². The number of hydrogen-bond acceptors (Lipinski definition) is 6. The van der Waals surface area contributed by atoms with Gasteiger partial charge in [0, 0.05) is 36.6 Å². The number of nitrogens with zero attached hydrogens (tertiary/aromatic N) is 4. The first-order valence-corrected chi connectivity index (χ1v) is 8.79. The van der Waals surface area contributed by atoms with Gasteiger partial charge in [-0.2, -0.15) is 10.2 Å². The van der Waals surface area contributed by atoms with Crippen molar-refractivity contribution >= 4 is 29.9 Å². The Morgan fingerprint density at radius 2 is 2.15 bits per heavy atom. The molecule has 1 aliphatic rings. The molecule has 1 fully saturated rings. The van der Waals surface area contributed by atoms with E-state index in [1.165, 1.54) is 0 Å². The van der Waals surface area contributed by atoms with Crippen molar-refractivity contribution in [3.05, 3.63) is 41.6 Å². The lowest BCUT2D eigenvalue weighted by molar-refractivity contribution is 0.616. The SMILES string of the molecule is CCCc1cc(N2CCC(NC)C2)nc(Nc2cccc(C#N)c2)n1.Cl. The molecule has 2 heterocycles. The number of hydrogen-bond donors (Lipinski definition) is 2. The lowest BCUT2D eigenvalue weighted by Gasteiger charge is -2.19. The van der Waals surface area contributed by atoms with Crippen molar-refractivity contribution in [3.63, 3.8) is 0 Å². The molecule has 1 aromatic heterocycles. The molecule has 1 saturated heterocycles. The lowest BCUT2D eigenvalue weighted by Crippen LogP contribution is -2.30. The van der Waals surface area contributed by atoms with Crippen LogP contribution in [0.5, 0.6) is 0 Å². The Balaban J connectivity index is 0.00000243. The number of aromatic nitrogens is 2. The Morgan fingerprint density at radius 1 is 1.31 bits per heavy atom. The molecule has 0 spiro atoms. The second-order valence-corrected chi connectivity index (χ2v) is 6.33. The van der Waals surface area contributed by atoms with E-state index < -0.39 is 0 Å². The van der Waals surface area contributed by atoms with Gasteiger partial charge < -0.3 is 15.5 Å². The molecule has 0 bridgehead atoms. The second kappa shape index (κ2) is 9.37. The molecule has 2 aromatic rings. The van der Waals surface area contributed by atoms with E-state index >= 15 is 0 Å². The van der Waals surface area contributed by atoms with Crippen LogP contribution in [0.3, 0.4) is 0 Å². The van der Waals surface area contributed by atoms with Crippen LogP contribution in [0, 0.1) is 11.3 Å². The van der Waals surface area contributed by atoms with Gasteiger partial charge in [-0.05, 0) is 38.1 Å². The van der Waals surface area contributed by atoms with Crippen LogP contribution in [-0.4, -0.2) is 36.1 Å². The van der Waals surface area contributed by atoms with Crippen molar-refractivity contribution in [2.75, 3.05) is 30.4 Å². The lowest BCUT2D eigenvalue weighted by atomic mass is 10.2. The summed E-state index contributed by atoms with van der Waals surface area (Å²) >= 11 is 0. The predicted molar refractivity (Wildman–Crippen MR) is 107 cm³/mol. The normalized spacial score (nSPS) is 16.0. The van der Waals surface area contributed by atoms with Crippen molar-refractivity contribution in [1.82, 2.24) is 15.3 Å². The number of likely N-dealkylation sites (N-methyl/N-ethyl adjacent to an activating group) is 1. The molecular formula is C19H25ClN6. The smallest absolute Gasteiger partial charge is 0.229 e. The molecule has 7 heteroatoms. The Labute approximate surface area is 161 Å². The molecule has 0 amide bonds. The van der Waals surface area contributed by atoms with E-state index in [2.05, 4.69) is 39.6 Å². The third kappa shape index (κ3) is 4.84. The van der Waals surface area contributed by atoms with Crippen LogP contribution in [-0.2, 0) is 6.42 Å². The molecule has 0 radical (unpaired) electrons. The van der Waals surface area contributed by atoms with E-state index in [1.54, 1.807) is 6.07 Å². The fraction of sp³-hybridized carbons (Fsp3) is 0.421. The van der Waals surface area contributed by atoms with Crippen LogP contribution >= 0.6 is 12.4 Å². The Hall–Kier alpha value is -2.36. The fourth-order valence-electron chi connectivity index (χ4n) is 3.08. The van der Waals surface area contributed by atoms with Crippen molar-refractivity contribution in [2.45, 2.75) is 32.2 Å². The average molecular weight is 373 g/mol. The largest absolute Gasteiger partial charge is 0.355 e. The van der Waals surface area contributed by atoms with E-state index in [9.17, 15) is 0 Å². The zero-order valence-electron chi connectivity index (χ0n) is 15.2. The van der Waals surface area contributed by atoms with Crippen LogP contribution in [0.1, 0.15) is 31.0 Å². The summed E-state index contributed by atoms with van der Waals surface area (Å²) in [6, 6.07) is 12.1. The fourth-order valence-corrected chi connectivity index (χ4v) is 3.08. The van der Waals surface area contributed by atoms with Gasteiger partial charge in [-0.25, -0.2) is 4.98 Å². The minimum atomic E-state index is 0. The van der Waals surface area contributed by atoms with E-state index in [1.807, 2.05) is 25.2 Å². The second-order valence-electron chi connectivity index (χ2n) is 6.33. The highest BCUT2D eigenvalue weighted by Crippen LogP contribution is 2.23. The number of aryl methyl sites for hydroxylation is 1. The van der Waals surface area contributed by atoms with Crippen LogP contribution in [0.25, 0.3) is 0 Å². The van der Waals surface area contributed by atoms with Crippen LogP contribution < -0.4 is 15.5 Å². The third-order valence-electron chi connectivity index (χ3n) is 4.44. The maximum atomic E-state index is 9.06. The summed E-state index contributed by atoms with van der Waals surface area (Å²) in [5, 5.41) is 15.6. The van der Waals surface area contributed by atoms with E-state index in [0.717, 1.165) is 49.6 Å². The molecular weight excluding hydrogens is 348 g/mol. The number of nitriles is 1. The standard InChI is InChI=1S/C19H24N6.ClH/c1-3-5-15-11-18(25-9-8-17(13-25)21-2)24-19(22-15)23-16-7-4-6-14(10-16)12-20;/h4,6-7,10-11,17,21H,3,5,8-9,13H2,1-2H3,(H,22,23,24);1H. The molecule has 6 nitrogen and oxygen atoms in total. The van der Waals surface area contributed by atoms with Gasteiger partial charge in [0.15, 0.2) is 0 Å². The van der Waals surface area contributed by atoms with Crippen molar-refractivity contribution in [3.8, 4) is 6.07 Å².